The van der Waals surface area contributed by atoms with E-state index in [4.69, 9.17) is 15.9 Å². The van der Waals surface area contributed by atoms with E-state index in [-0.39, 0.29) is 17.4 Å². The molecule has 0 aliphatic rings. The third-order valence-electron chi connectivity index (χ3n) is 4.24. The number of rotatable bonds is 18. The van der Waals surface area contributed by atoms with Gasteiger partial charge in [-0.1, -0.05) is 74.8 Å². The zero-order chi connectivity index (χ0) is 22.6. The minimum absolute atomic E-state index is 0.198. The van der Waals surface area contributed by atoms with Crippen LogP contribution in [0.5, 0.6) is 0 Å². The van der Waals surface area contributed by atoms with Crippen molar-refractivity contribution in [2.75, 3.05) is 5.75 Å². The Morgan fingerprint density at radius 3 is 2.40 bits per heavy atom. The van der Waals surface area contributed by atoms with Crippen LogP contribution in [0.25, 0.3) is 0 Å². The maximum Gasteiger partial charge on any atom is 0.321 e. The number of hydrogen-bond acceptors (Lipinski definition) is 5. The summed E-state index contributed by atoms with van der Waals surface area (Å²) in [5.74, 6) is -1.55. The maximum atomic E-state index is 10.9. The predicted octanol–water partition coefficient (Wildman–Crippen LogP) is 4.31. The molecule has 7 heteroatoms. The van der Waals surface area contributed by atoms with Crippen molar-refractivity contribution >= 4 is 23.7 Å². The van der Waals surface area contributed by atoms with Crippen LogP contribution in [-0.2, 0) is 9.59 Å². The van der Waals surface area contributed by atoms with Crippen LogP contribution in [0.1, 0.15) is 58.3 Å². The number of hydrogen-bond donors (Lipinski definition) is 4. The Morgan fingerprint density at radius 1 is 1.00 bits per heavy atom. The molecule has 0 radical (unpaired) electrons. The van der Waals surface area contributed by atoms with E-state index in [1.807, 2.05) is 48.6 Å². The molecule has 0 bridgehead atoms. The first-order chi connectivity index (χ1) is 14.4. The van der Waals surface area contributed by atoms with Crippen LogP contribution in [0.4, 0.5) is 0 Å². The number of unbranched alkanes of at least 4 members (excludes halogenated alkanes) is 3. The summed E-state index contributed by atoms with van der Waals surface area (Å²) >= 11 is 1.37. The lowest BCUT2D eigenvalue weighted by atomic mass is 10.1. The standard InChI is InChI=1S/C23H37NO5S/c1-2-3-12-15-20(25)21(30-18-19(24)23(28)29)16-13-10-8-6-4-5-7-9-11-14-17-22(26)27/h4,6-10,13,16,19-21,25H,2-3,5,11-12,14-15,17-18,24H2,1H3,(H,26,27)(H,28,29). The largest absolute Gasteiger partial charge is 0.481 e. The molecule has 0 rings (SSSR count). The fourth-order valence-corrected chi connectivity index (χ4v) is 3.60. The van der Waals surface area contributed by atoms with E-state index in [2.05, 4.69) is 6.92 Å². The summed E-state index contributed by atoms with van der Waals surface area (Å²) in [6.07, 6.45) is 21.1. The van der Waals surface area contributed by atoms with Gasteiger partial charge in [-0.05, 0) is 25.7 Å². The molecular formula is C23H37NO5S. The highest BCUT2D eigenvalue weighted by atomic mass is 32.2. The van der Waals surface area contributed by atoms with Crippen molar-refractivity contribution in [2.24, 2.45) is 5.73 Å². The van der Waals surface area contributed by atoms with E-state index in [9.17, 15) is 14.7 Å². The Bertz CT molecular complexity index is 586. The molecule has 6 nitrogen and oxygen atoms in total. The Balaban J connectivity index is 4.42. The first-order valence-electron chi connectivity index (χ1n) is 10.5. The number of allylic oxidation sites excluding steroid dienone is 7. The fraction of sp³-hybridized carbons (Fsp3) is 0.565. The lowest BCUT2D eigenvalue weighted by molar-refractivity contribution is -0.138. The number of thioether (sulfide) groups is 1. The van der Waals surface area contributed by atoms with Crippen molar-refractivity contribution in [3.63, 3.8) is 0 Å². The van der Waals surface area contributed by atoms with E-state index in [1.54, 1.807) is 0 Å². The van der Waals surface area contributed by atoms with Crippen LogP contribution >= 0.6 is 11.8 Å². The van der Waals surface area contributed by atoms with Crippen LogP contribution in [0.3, 0.4) is 0 Å². The molecule has 5 N–H and O–H groups in total. The van der Waals surface area contributed by atoms with Gasteiger partial charge in [-0.3, -0.25) is 9.59 Å². The minimum atomic E-state index is -1.04. The topological polar surface area (TPSA) is 121 Å². The fourth-order valence-electron chi connectivity index (χ4n) is 2.47. The second kappa shape index (κ2) is 19.2. The number of carboxylic acid groups (broad SMARTS) is 2. The maximum absolute atomic E-state index is 10.9. The molecule has 0 aromatic carbocycles. The molecule has 0 heterocycles. The molecule has 0 aliphatic carbocycles. The van der Waals surface area contributed by atoms with Crippen molar-refractivity contribution in [3.05, 3.63) is 48.6 Å². The molecule has 0 aromatic heterocycles. The van der Waals surface area contributed by atoms with Crippen LogP contribution in [0.2, 0.25) is 0 Å². The van der Waals surface area contributed by atoms with Crippen LogP contribution in [0, 0.1) is 0 Å². The van der Waals surface area contributed by atoms with E-state index in [0.29, 0.717) is 12.8 Å². The molecule has 3 unspecified atom stereocenters. The van der Waals surface area contributed by atoms with Crippen molar-refractivity contribution < 1.29 is 24.9 Å². The molecular weight excluding hydrogens is 402 g/mol. The summed E-state index contributed by atoms with van der Waals surface area (Å²) in [4.78, 5) is 21.3. The minimum Gasteiger partial charge on any atom is -0.481 e. The van der Waals surface area contributed by atoms with E-state index < -0.39 is 24.1 Å². The number of aliphatic hydroxyl groups is 1. The molecule has 0 saturated carbocycles. The average Bonchev–Trinajstić information content (AvgIpc) is 2.70. The van der Waals surface area contributed by atoms with E-state index in [1.165, 1.54) is 11.8 Å². The first kappa shape index (κ1) is 28.2. The SMILES string of the molecule is CCCCCC(O)C(C=CC=CC=CCC=CCCCC(=O)O)SCC(N)C(=O)O. The quantitative estimate of drug-likeness (QED) is 0.143. The Kier molecular flexibility index (Phi) is 18.0. The second-order valence-electron chi connectivity index (χ2n) is 7.00. The van der Waals surface area contributed by atoms with Gasteiger partial charge in [0.15, 0.2) is 0 Å². The predicted molar refractivity (Wildman–Crippen MR) is 125 cm³/mol. The molecule has 0 fully saturated rings. The van der Waals surface area contributed by atoms with Crippen LogP contribution in [0.15, 0.2) is 48.6 Å². The van der Waals surface area contributed by atoms with Gasteiger partial charge in [0, 0.05) is 17.4 Å². The van der Waals surface area contributed by atoms with Gasteiger partial charge in [0.05, 0.1) is 6.10 Å². The molecule has 30 heavy (non-hydrogen) atoms. The smallest absolute Gasteiger partial charge is 0.321 e. The highest BCUT2D eigenvalue weighted by Gasteiger charge is 2.20. The van der Waals surface area contributed by atoms with Crippen molar-refractivity contribution in [1.82, 2.24) is 0 Å². The monoisotopic (exact) mass is 439 g/mol. The summed E-state index contributed by atoms with van der Waals surface area (Å²) in [5.41, 5.74) is 5.58. The zero-order valence-corrected chi connectivity index (χ0v) is 18.7. The van der Waals surface area contributed by atoms with Crippen molar-refractivity contribution in [2.45, 2.75) is 75.7 Å². The highest BCUT2D eigenvalue weighted by molar-refractivity contribution is 8.00. The molecule has 0 spiro atoms. The van der Waals surface area contributed by atoms with Gasteiger partial charge >= 0.3 is 11.9 Å². The summed E-state index contributed by atoms with van der Waals surface area (Å²) in [6, 6.07) is -0.940. The summed E-state index contributed by atoms with van der Waals surface area (Å²) in [5, 5.41) is 27.7. The molecule has 0 aliphatic heterocycles. The van der Waals surface area contributed by atoms with E-state index in [0.717, 1.165) is 32.1 Å². The first-order valence-corrected chi connectivity index (χ1v) is 11.6. The van der Waals surface area contributed by atoms with Gasteiger partial charge in [-0.25, -0.2) is 0 Å². The second-order valence-corrected chi connectivity index (χ2v) is 8.21. The highest BCUT2D eigenvalue weighted by Crippen LogP contribution is 2.21. The molecule has 3 atom stereocenters. The van der Waals surface area contributed by atoms with Gasteiger partial charge in [0.1, 0.15) is 6.04 Å². The third kappa shape index (κ3) is 17.1. The van der Waals surface area contributed by atoms with Gasteiger partial charge < -0.3 is 21.1 Å². The third-order valence-corrected chi connectivity index (χ3v) is 5.65. The summed E-state index contributed by atoms with van der Waals surface area (Å²) in [6.45, 7) is 2.11. The number of aliphatic hydroxyl groups excluding tert-OH is 1. The van der Waals surface area contributed by atoms with Crippen LogP contribution < -0.4 is 5.73 Å². The normalized spacial score (nSPS) is 15.4. The Hall–Kier alpha value is -1.83. The molecule has 170 valence electrons. The van der Waals surface area contributed by atoms with Crippen molar-refractivity contribution in [3.8, 4) is 0 Å². The Labute approximate surface area is 184 Å². The lowest BCUT2D eigenvalue weighted by Crippen LogP contribution is -2.34. The summed E-state index contributed by atoms with van der Waals surface area (Å²) in [7, 11) is 0. The average molecular weight is 440 g/mol. The van der Waals surface area contributed by atoms with Crippen LogP contribution in [-0.4, -0.2) is 50.4 Å². The van der Waals surface area contributed by atoms with E-state index >= 15 is 0 Å². The Morgan fingerprint density at radius 2 is 1.73 bits per heavy atom. The number of nitrogens with two attached hydrogens (primary N) is 1. The van der Waals surface area contributed by atoms with Gasteiger partial charge in [0.2, 0.25) is 0 Å². The molecule has 0 saturated heterocycles. The van der Waals surface area contributed by atoms with Gasteiger partial charge in [0.25, 0.3) is 0 Å². The number of carbonyl (C=O) groups is 2. The van der Waals surface area contributed by atoms with Gasteiger partial charge in [-0.2, -0.15) is 0 Å². The molecule has 0 amide bonds. The molecule has 0 aromatic rings. The number of carboxylic acids is 2. The summed E-state index contributed by atoms with van der Waals surface area (Å²) < 4.78 is 0. The van der Waals surface area contributed by atoms with Gasteiger partial charge in [-0.15, -0.1) is 11.8 Å². The van der Waals surface area contributed by atoms with Crippen molar-refractivity contribution in [1.29, 1.82) is 0 Å². The number of aliphatic carboxylic acids is 2. The lowest BCUT2D eigenvalue weighted by Gasteiger charge is -2.20. The zero-order valence-electron chi connectivity index (χ0n) is 17.9.